The molecule has 4 rings (SSSR count). The van der Waals surface area contributed by atoms with Gasteiger partial charge >= 0.3 is 0 Å². The highest BCUT2D eigenvalue weighted by Crippen LogP contribution is 2.31. The molecule has 0 aliphatic rings. The molecule has 1 aromatic carbocycles. The molecule has 3 heterocycles. The summed E-state index contributed by atoms with van der Waals surface area (Å²) in [5.41, 5.74) is 2.24. The van der Waals surface area contributed by atoms with Crippen molar-refractivity contribution < 1.29 is 13.3 Å². The number of nitriles is 1. The molecule has 14 heteroatoms. The first-order chi connectivity index (χ1) is 17.7. The molecule has 0 saturated carbocycles. The summed E-state index contributed by atoms with van der Waals surface area (Å²) in [6.45, 7) is 0.425. The number of nitro benzene ring substituents is 1. The molecule has 0 amide bonds. The Kier molecular flexibility index (Phi) is 8.61. The molecule has 0 radical (unpaired) electrons. The number of fused-ring (bicyclic) bond motifs is 1. The molecule has 4 aromatic rings. The van der Waals surface area contributed by atoms with E-state index in [-0.39, 0.29) is 23.0 Å². The van der Waals surface area contributed by atoms with Gasteiger partial charge < -0.3 is 4.90 Å². The minimum absolute atomic E-state index is 0. The molecule has 0 fully saturated rings. The van der Waals surface area contributed by atoms with E-state index in [4.69, 9.17) is 5.26 Å². The third-order valence-corrected chi connectivity index (χ3v) is 7.33. The van der Waals surface area contributed by atoms with Crippen molar-refractivity contribution in [3.63, 3.8) is 0 Å². The molecule has 0 N–H and O–H groups in total. The van der Waals surface area contributed by atoms with E-state index in [9.17, 15) is 18.5 Å². The zero-order valence-electron chi connectivity index (χ0n) is 20.4. The quantitative estimate of drug-likeness (QED) is 0.174. The van der Waals surface area contributed by atoms with Crippen LogP contribution in [0.15, 0.2) is 77.1 Å². The maximum Gasteiger partial charge on any atom is 0.281 e. The van der Waals surface area contributed by atoms with Crippen LogP contribution in [0.3, 0.4) is 0 Å². The van der Waals surface area contributed by atoms with Gasteiger partial charge in [0.25, 0.3) is 15.7 Å². The number of hydrogen-bond acceptors (Lipinski definition) is 9. The maximum atomic E-state index is 13.5. The molecule has 0 bridgehead atoms. The van der Waals surface area contributed by atoms with Crippen molar-refractivity contribution in [3.05, 3.63) is 94.1 Å². The Bertz CT molecular complexity index is 1630. The number of rotatable bonds is 9. The number of benzene rings is 1. The second-order valence-electron chi connectivity index (χ2n) is 8.04. The summed E-state index contributed by atoms with van der Waals surface area (Å²) in [6.07, 6.45) is 6.63. The molecule has 0 saturated heterocycles. The van der Waals surface area contributed by atoms with Crippen molar-refractivity contribution in [2.24, 2.45) is 5.10 Å². The van der Waals surface area contributed by atoms with Gasteiger partial charge in [-0.1, -0.05) is 6.07 Å². The predicted octanol–water partition coefficient (Wildman–Crippen LogP) is 3.26. The third-order valence-electron chi connectivity index (χ3n) is 5.66. The first kappa shape index (κ1) is 28.0. The standard InChI is InChI=1S/C24H22N8O4S.ClH/c1-29(11-9-20-5-3-4-10-26-20)22-7-6-21(32(33)34)14-24(22)37(35,36)30(2)27-16-19-17-28-31-12-8-18(15-25)13-23(19)31;/h3-8,10,12-14,16-17H,9,11H2,1-2H3;1H/b27-16+;. The number of likely N-dealkylation sites (N-methyl/N-ethyl adjacent to an activating group) is 1. The smallest absolute Gasteiger partial charge is 0.281 e. The summed E-state index contributed by atoms with van der Waals surface area (Å²) in [6, 6.07) is 14.5. The number of pyridine rings is 2. The molecular formula is C24H23ClN8O4S. The normalized spacial score (nSPS) is 11.2. The summed E-state index contributed by atoms with van der Waals surface area (Å²) in [5.74, 6) is 0. The van der Waals surface area contributed by atoms with Crippen molar-refractivity contribution in [3.8, 4) is 6.07 Å². The summed E-state index contributed by atoms with van der Waals surface area (Å²) in [5, 5.41) is 28.8. The Balaban J connectivity index is 0.00000400. The topological polar surface area (TPSA) is 150 Å². The lowest BCUT2D eigenvalue weighted by Crippen LogP contribution is -2.27. The van der Waals surface area contributed by atoms with Gasteiger partial charge in [0, 0.05) is 62.8 Å². The molecule has 38 heavy (non-hydrogen) atoms. The lowest BCUT2D eigenvalue weighted by Gasteiger charge is -2.23. The summed E-state index contributed by atoms with van der Waals surface area (Å²) in [4.78, 5) is 16.5. The highest BCUT2D eigenvalue weighted by Gasteiger charge is 2.27. The van der Waals surface area contributed by atoms with Gasteiger partial charge in [-0.3, -0.25) is 15.1 Å². The number of anilines is 1. The lowest BCUT2D eigenvalue weighted by molar-refractivity contribution is -0.385. The predicted molar refractivity (Wildman–Crippen MR) is 144 cm³/mol. The second-order valence-corrected chi connectivity index (χ2v) is 9.96. The lowest BCUT2D eigenvalue weighted by atomic mass is 10.2. The Hall–Kier alpha value is -4.54. The summed E-state index contributed by atoms with van der Waals surface area (Å²) < 4.78 is 29.3. The number of aromatic nitrogens is 3. The zero-order valence-corrected chi connectivity index (χ0v) is 22.0. The van der Waals surface area contributed by atoms with Crippen LogP contribution in [0.1, 0.15) is 16.8 Å². The first-order valence-corrected chi connectivity index (χ1v) is 12.4. The van der Waals surface area contributed by atoms with Gasteiger partial charge in [0.05, 0.1) is 40.2 Å². The van der Waals surface area contributed by atoms with E-state index in [1.165, 1.54) is 36.1 Å². The third kappa shape index (κ3) is 5.88. The molecule has 0 aliphatic heterocycles. The molecular weight excluding hydrogens is 532 g/mol. The van der Waals surface area contributed by atoms with Crippen LogP contribution in [0, 0.1) is 21.4 Å². The Morgan fingerprint density at radius 2 is 2.00 bits per heavy atom. The van der Waals surface area contributed by atoms with Crippen LogP contribution >= 0.6 is 12.4 Å². The molecule has 3 aromatic heterocycles. The monoisotopic (exact) mass is 554 g/mol. The molecule has 0 spiro atoms. The number of sulfonamides is 1. The summed E-state index contributed by atoms with van der Waals surface area (Å²) in [7, 11) is -1.33. The zero-order chi connectivity index (χ0) is 26.6. The van der Waals surface area contributed by atoms with Crippen molar-refractivity contribution >= 4 is 45.5 Å². The number of nitrogens with zero attached hydrogens (tertiary/aromatic N) is 8. The van der Waals surface area contributed by atoms with Crippen molar-refractivity contribution in [1.82, 2.24) is 19.0 Å². The van der Waals surface area contributed by atoms with Crippen LogP contribution < -0.4 is 4.90 Å². The van der Waals surface area contributed by atoms with Crippen LogP contribution in [-0.4, -0.2) is 59.2 Å². The van der Waals surface area contributed by atoms with Crippen LogP contribution in [0.25, 0.3) is 5.52 Å². The van der Waals surface area contributed by atoms with Gasteiger partial charge in [-0.15, -0.1) is 12.4 Å². The molecule has 0 unspecified atom stereocenters. The van der Waals surface area contributed by atoms with Crippen molar-refractivity contribution in [2.75, 3.05) is 25.5 Å². The number of hydrogen-bond donors (Lipinski definition) is 0. The summed E-state index contributed by atoms with van der Waals surface area (Å²) >= 11 is 0. The highest BCUT2D eigenvalue weighted by atomic mass is 35.5. The van der Waals surface area contributed by atoms with E-state index in [0.717, 1.165) is 16.2 Å². The average molecular weight is 555 g/mol. The van der Waals surface area contributed by atoms with Gasteiger partial charge in [-0.05, 0) is 30.3 Å². The Morgan fingerprint density at radius 3 is 2.68 bits per heavy atom. The van der Waals surface area contributed by atoms with E-state index in [0.29, 0.717) is 35.3 Å². The average Bonchev–Trinajstić information content (AvgIpc) is 3.32. The van der Waals surface area contributed by atoms with Crippen molar-refractivity contribution in [2.45, 2.75) is 11.3 Å². The van der Waals surface area contributed by atoms with Gasteiger partial charge in [0.2, 0.25) is 0 Å². The van der Waals surface area contributed by atoms with Crippen LogP contribution in [-0.2, 0) is 16.4 Å². The molecule has 0 atom stereocenters. The molecule has 12 nitrogen and oxygen atoms in total. The van der Waals surface area contributed by atoms with Gasteiger partial charge in [0.15, 0.2) is 0 Å². The Labute approximate surface area is 225 Å². The number of hydrazone groups is 1. The largest absolute Gasteiger partial charge is 0.373 e. The van der Waals surface area contributed by atoms with Crippen molar-refractivity contribution in [1.29, 1.82) is 5.26 Å². The van der Waals surface area contributed by atoms with Crippen LogP contribution in [0.5, 0.6) is 0 Å². The van der Waals surface area contributed by atoms with Crippen LogP contribution in [0.2, 0.25) is 0 Å². The van der Waals surface area contributed by atoms with E-state index in [1.807, 2.05) is 18.2 Å². The minimum atomic E-state index is -4.28. The SMILES string of the molecule is CN(CCc1ccccn1)c1ccc([N+](=O)[O-])cc1S(=O)(=O)N(C)/N=C/c1cnn2ccc(C#N)cc12.Cl. The van der Waals surface area contributed by atoms with Crippen LogP contribution in [0.4, 0.5) is 11.4 Å². The fraction of sp³-hybridized carbons (Fsp3) is 0.167. The number of nitro groups is 1. The van der Waals surface area contributed by atoms with Gasteiger partial charge in [0.1, 0.15) is 4.90 Å². The molecule has 0 aliphatic carbocycles. The minimum Gasteiger partial charge on any atom is -0.373 e. The number of halogens is 1. The fourth-order valence-electron chi connectivity index (χ4n) is 3.60. The fourth-order valence-corrected chi connectivity index (χ4v) is 4.82. The first-order valence-electron chi connectivity index (χ1n) is 11.0. The van der Waals surface area contributed by atoms with Gasteiger partial charge in [-0.2, -0.15) is 28.3 Å². The van der Waals surface area contributed by atoms with Gasteiger partial charge in [-0.25, -0.2) is 4.52 Å². The second kappa shape index (κ2) is 11.7. The maximum absolute atomic E-state index is 13.5. The van der Waals surface area contributed by atoms with E-state index in [2.05, 4.69) is 15.2 Å². The number of non-ortho nitro benzene ring substituents is 1. The highest BCUT2D eigenvalue weighted by molar-refractivity contribution is 7.89. The van der Waals surface area contributed by atoms with E-state index in [1.54, 1.807) is 42.5 Å². The Morgan fingerprint density at radius 1 is 1.21 bits per heavy atom. The van der Waals surface area contributed by atoms with E-state index < -0.39 is 14.9 Å². The molecule has 196 valence electrons. The van der Waals surface area contributed by atoms with E-state index >= 15 is 0 Å².